The van der Waals surface area contributed by atoms with Gasteiger partial charge in [0, 0.05) is 0 Å². The van der Waals surface area contributed by atoms with E-state index in [0.29, 0.717) is 9.76 Å². The van der Waals surface area contributed by atoms with E-state index in [9.17, 15) is 0 Å². The molecule has 0 atom stereocenters. The number of fused-ring (bicyclic) bond motifs is 1. The van der Waals surface area contributed by atoms with E-state index < -0.39 is 0 Å². The lowest BCUT2D eigenvalue weighted by Gasteiger charge is -2.03. The first-order chi connectivity index (χ1) is 6.52. The molecule has 0 spiro atoms. The average Bonchev–Trinajstić information content (AvgIpc) is 2.54. The standard InChI is InChI=1S/C7HBr4ClN2/c8-1-2(9)5-6(3(10)4(1)12)14-7(11)13-5/h(H,13,14). The molecule has 1 aromatic carbocycles. The number of hydrogen-bond acceptors (Lipinski definition) is 1. The van der Waals surface area contributed by atoms with E-state index in [2.05, 4.69) is 73.7 Å². The van der Waals surface area contributed by atoms with Gasteiger partial charge in [-0.25, -0.2) is 4.98 Å². The Hall–Kier alpha value is 0.900. The van der Waals surface area contributed by atoms with Gasteiger partial charge in [0.15, 0.2) is 4.73 Å². The molecule has 2 rings (SSSR count). The Morgan fingerprint density at radius 1 is 1.00 bits per heavy atom. The molecule has 2 aromatic rings. The molecule has 0 aliphatic heterocycles. The zero-order valence-electron chi connectivity index (χ0n) is 6.34. The lowest BCUT2D eigenvalue weighted by atomic mass is 10.3. The van der Waals surface area contributed by atoms with Crippen LogP contribution in [0.3, 0.4) is 0 Å². The molecule has 0 aliphatic rings. The van der Waals surface area contributed by atoms with E-state index in [1.807, 2.05) is 0 Å². The average molecular weight is 468 g/mol. The maximum absolute atomic E-state index is 6.08. The van der Waals surface area contributed by atoms with Crippen molar-refractivity contribution in [2.24, 2.45) is 0 Å². The molecule has 7 heteroatoms. The molecule has 1 N–H and O–H groups in total. The van der Waals surface area contributed by atoms with Gasteiger partial charge in [0.05, 0.1) is 24.0 Å². The first-order valence-electron chi connectivity index (χ1n) is 3.39. The van der Waals surface area contributed by atoms with Gasteiger partial charge in [-0.2, -0.15) is 0 Å². The molecule has 0 radical (unpaired) electrons. The number of benzene rings is 1. The van der Waals surface area contributed by atoms with Gasteiger partial charge in [-0.15, -0.1) is 0 Å². The number of aromatic nitrogens is 2. The molecular weight excluding hydrogens is 467 g/mol. The summed E-state index contributed by atoms with van der Waals surface area (Å²) in [6.07, 6.45) is 0. The van der Waals surface area contributed by atoms with Gasteiger partial charge in [0.25, 0.3) is 0 Å². The molecule has 0 saturated heterocycles. The second kappa shape index (κ2) is 4.05. The molecule has 0 amide bonds. The van der Waals surface area contributed by atoms with E-state index in [0.717, 1.165) is 24.5 Å². The van der Waals surface area contributed by atoms with Crippen molar-refractivity contribution >= 4 is 86.4 Å². The van der Waals surface area contributed by atoms with Crippen molar-refractivity contribution in [1.29, 1.82) is 0 Å². The summed E-state index contributed by atoms with van der Waals surface area (Å²) in [5.41, 5.74) is 1.68. The smallest absolute Gasteiger partial charge is 0.175 e. The van der Waals surface area contributed by atoms with Crippen molar-refractivity contribution in [3.63, 3.8) is 0 Å². The van der Waals surface area contributed by atoms with Gasteiger partial charge in [-0.05, 0) is 63.7 Å². The fraction of sp³-hybridized carbons (Fsp3) is 0. The van der Waals surface area contributed by atoms with Crippen LogP contribution in [0.2, 0.25) is 5.02 Å². The molecule has 1 heterocycles. The maximum Gasteiger partial charge on any atom is 0.175 e. The molecule has 0 saturated carbocycles. The number of rotatable bonds is 0. The number of hydrogen-bond donors (Lipinski definition) is 1. The summed E-state index contributed by atoms with van der Waals surface area (Å²) in [4.78, 5) is 7.33. The SMILES string of the molecule is Clc1c(Br)c(Br)c2nc(Br)[nH]c2c1Br. The molecule has 1 aromatic heterocycles. The minimum atomic E-state index is 0.612. The van der Waals surface area contributed by atoms with Crippen LogP contribution >= 0.6 is 75.3 Å². The highest BCUT2D eigenvalue weighted by Gasteiger charge is 2.16. The van der Waals surface area contributed by atoms with E-state index in [1.165, 1.54) is 0 Å². The van der Waals surface area contributed by atoms with E-state index in [4.69, 9.17) is 11.6 Å². The minimum absolute atomic E-state index is 0.612. The maximum atomic E-state index is 6.08. The van der Waals surface area contributed by atoms with Gasteiger partial charge in [-0.1, -0.05) is 11.6 Å². The van der Waals surface area contributed by atoms with Gasteiger partial charge in [-0.3, -0.25) is 0 Å². The molecule has 0 unspecified atom stereocenters. The monoisotopic (exact) mass is 464 g/mol. The Bertz CT molecular complexity index is 477. The number of aromatic amines is 1. The summed E-state index contributed by atoms with van der Waals surface area (Å²) in [6.45, 7) is 0. The van der Waals surface area contributed by atoms with E-state index >= 15 is 0 Å². The summed E-state index contributed by atoms with van der Waals surface area (Å²) in [6, 6.07) is 0. The first-order valence-corrected chi connectivity index (χ1v) is 6.94. The quantitative estimate of drug-likeness (QED) is 0.415. The summed E-state index contributed by atoms with van der Waals surface area (Å²) in [7, 11) is 0. The summed E-state index contributed by atoms with van der Waals surface area (Å²) >= 11 is 19.6. The van der Waals surface area contributed by atoms with Crippen LogP contribution in [0.15, 0.2) is 18.2 Å². The Morgan fingerprint density at radius 2 is 1.64 bits per heavy atom. The highest BCUT2D eigenvalue weighted by atomic mass is 79.9. The molecule has 74 valence electrons. The Morgan fingerprint density at radius 3 is 2.29 bits per heavy atom. The van der Waals surface area contributed by atoms with Crippen LogP contribution in [0.1, 0.15) is 0 Å². The zero-order chi connectivity index (χ0) is 10.5. The van der Waals surface area contributed by atoms with Crippen molar-refractivity contribution in [2.45, 2.75) is 0 Å². The second-order valence-corrected chi connectivity index (χ2v) is 6.02. The van der Waals surface area contributed by atoms with Crippen molar-refractivity contribution in [2.75, 3.05) is 0 Å². The van der Waals surface area contributed by atoms with Gasteiger partial charge in [0.2, 0.25) is 0 Å². The third kappa shape index (κ3) is 1.69. The molecule has 2 nitrogen and oxygen atoms in total. The molecule has 0 aliphatic carbocycles. The molecular formula is C7HBr4ClN2. The fourth-order valence-electron chi connectivity index (χ4n) is 1.07. The van der Waals surface area contributed by atoms with Crippen molar-refractivity contribution in [3.05, 3.63) is 23.2 Å². The Labute approximate surface area is 118 Å². The fourth-order valence-corrected chi connectivity index (χ4v) is 3.37. The molecule has 14 heavy (non-hydrogen) atoms. The van der Waals surface area contributed by atoms with E-state index in [1.54, 1.807) is 0 Å². The van der Waals surface area contributed by atoms with Crippen LogP contribution in [0, 0.1) is 0 Å². The third-order valence-electron chi connectivity index (χ3n) is 1.68. The second-order valence-electron chi connectivity index (χ2n) is 2.51. The number of imidazole rings is 1. The van der Waals surface area contributed by atoms with Crippen LogP contribution in [0.25, 0.3) is 11.0 Å². The topological polar surface area (TPSA) is 28.7 Å². The van der Waals surface area contributed by atoms with Crippen LogP contribution in [-0.2, 0) is 0 Å². The zero-order valence-corrected chi connectivity index (χ0v) is 13.4. The highest BCUT2D eigenvalue weighted by molar-refractivity contribution is 9.13. The van der Waals surface area contributed by atoms with E-state index in [-0.39, 0.29) is 0 Å². The number of halogens is 5. The third-order valence-corrected chi connectivity index (χ3v) is 5.78. The van der Waals surface area contributed by atoms with Crippen LogP contribution in [0.5, 0.6) is 0 Å². The van der Waals surface area contributed by atoms with Crippen LogP contribution < -0.4 is 0 Å². The normalized spacial score (nSPS) is 11.2. The molecule has 0 fully saturated rings. The largest absolute Gasteiger partial charge is 0.331 e. The summed E-state index contributed by atoms with van der Waals surface area (Å²) in [5, 5.41) is 0.612. The number of nitrogens with zero attached hydrogens (tertiary/aromatic N) is 1. The number of H-pyrrole nitrogens is 1. The van der Waals surface area contributed by atoms with Crippen molar-refractivity contribution in [1.82, 2.24) is 9.97 Å². The summed E-state index contributed by atoms with van der Waals surface area (Å²) < 4.78 is 3.09. The van der Waals surface area contributed by atoms with Gasteiger partial charge < -0.3 is 4.98 Å². The predicted octanol–water partition coefficient (Wildman–Crippen LogP) is 5.27. The highest BCUT2D eigenvalue weighted by Crippen LogP contribution is 2.42. The predicted molar refractivity (Wildman–Crippen MR) is 71.9 cm³/mol. The molecule has 0 bridgehead atoms. The summed E-state index contributed by atoms with van der Waals surface area (Å²) in [5.74, 6) is 0. The van der Waals surface area contributed by atoms with Gasteiger partial charge in [0.1, 0.15) is 5.52 Å². The first kappa shape index (κ1) is 11.4. The van der Waals surface area contributed by atoms with Crippen LogP contribution in [0.4, 0.5) is 0 Å². The van der Waals surface area contributed by atoms with Gasteiger partial charge >= 0.3 is 0 Å². The minimum Gasteiger partial charge on any atom is -0.331 e. The Balaban J connectivity index is 3.01. The van der Waals surface area contributed by atoms with Crippen molar-refractivity contribution in [3.8, 4) is 0 Å². The Kier molecular flexibility index (Phi) is 3.29. The lowest BCUT2D eigenvalue weighted by molar-refractivity contribution is 1.26. The lowest BCUT2D eigenvalue weighted by Crippen LogP contribution is -1.80. The van der Waals surface area contributed by atoms with Crippen LogP contribution in [-0.4, -0.2) is 9.97 Å². The number of nitrogens with one attached hydrogen (secondary N) is 1. The van der Waals surface area contributed by atoms with Crippen molar-refractivity contribution < 1.29 is 0 Å².